The van der Waals surface area contributed by atoms with E-state index < -0.39 is 0 Å². The predicted molar refractivity (Wildman–Crippen MR) is 126 cm³/mol. The molecule has 0 aliphatic carbocycles. The van der Waals surface area contributed by atoms with Crippen LogP contribution in [0.4, 0.5) is 5.69 Å². The van der Waals surface area contributed by atoms with Crippen molar-refractivity contribution in [1.82, 2.24) is 20.1 Å². The maximum Gasteiger partial charge on any atom is 0.251 e. The summed E-state index contributed by atoms with van der Waals surface area (Å²) in [5, 5.41) is 14.8. The molecule has 3 rings (SSSR count). The van der Waals surface area contributed by atoms with Crippen LogP contribution in [-0.4, -0.2) is 38.6 Å². The van der Waals surface area contributed by atoms with Gasteiger partial charge < -0.3 is 15.2 Å². The van der Waals surface area contributed by atoms with Crippen molar-refractivity contribution in [3.63, 3.8) is 0 Å². The molecule has 0 radical (unpaired) electrons. The highest BCUT2D eigenvalue weighted by Crippen LogP contribution is 2.21. The Balaban J connectivity index is 1.56. The largest absolute Gasteiger partial charge is 0.345 e. The van der Waals surface area contributed by atoms with Crippen LogP contribution >= 0.6 is 23.5 Å². The molecule has 0 unspecified atom stereocenters. The van der Waals surface area contributed by atoms with Crippen molar-refractivity contribution in [2.75, 3.05) is 17.3 Å². The molecular weight excluding hydrogens is 430 g/mol. The van der Waals surface area contributed by atoms with Gasteiger partial charge in [0.2, 0.25) is 5.91 Å². The van der Waals surface area contributed by atoms with Crippen LogP contribution in [0, 0.1) is 6.92 Å². The third kappa shape index (κ3) is 6.35. The van der Waals surface area contributed by atoms with Crippen LogP contribution in [0.15, 0.2) is 58.6 Å². The van der Waals surface area contributed by atoms with Gasteiger partial charge in [-0.05, 0) is 50.4 Å². The zero-order valence-corrected chi connectivity index (χ0v) is 19.3. The summed E-state index contributed by atoms with van der Waals surface area (Å²) in [5.74, 6) is 0.602. The molecule has 0 aliphatic heterocycles. The minimum absolute atomic E-state index is 0.108. The first-order valence-electron chi connectivity index (χ1n) is 9.83. The zero-order chi connectivity index (χ0) is 22.2. The van der Waals surface area contributed by atoms with Gasteiger partial charge in [-0.1, -0.05) is 35.5 Å². The van der Waals surface area contributed by atoms with Crippen molar-refractivity contribution >= 4 is 41.0 Å². The quantitative estimate of drug-likeness (QED) is 0.474. The molecule has 0 spiro atoms. The fourth-order valence-corrected chi connectivity index (χ4v) is 4.15. The summed E-state index contributed by atoms with van der Waals surface area (Å²) in [7, 11) is 0. The number of thioether (sulfide) groups is 2. The number of amides is 2. The van der Waals surface area contributed by atoms with Gasteiger partial charge in [0.05, 0.1) is 12.3 Å². The van der Waals surface area contributed by atoms with Gasteiger partial charge in [0.15, 0.2) is 11.0 Å². The fraction of sp³-hybridized carbons (Fsp3) is 0.273. The molecule has 7 nitrogen and oxygen atoms in total. The van der Waals surface area contributed by atoms with Crippen molar-refractivity contribution in [3.05, 3.63) is 65.5 Å². The molecule has 2 amide bonds. The smallest absolute Gasteiger partial charge is 0.251 e. The molecule has 9 heteroatoms. The number of benzene rings is 2. The number of aromatic nitrogens is 3. The molecular formula is C22H25N5O2S2. The van der Waals surface area contributed by atoms with E-state index in [0.29, 0.717) is 23.1 Å². The second-order valence-electron chi connectivity index (χ2n) is 6.76. The van der Waals surface area contributed by atoms with Crippen molar-refractivity contribution in [2.24, 2.45) is 0 Å². The Bertz CT molecular complexity index is 1050. The number of hydrogen-bond acceptors (Lipinski definition) is 6. The molecule has 3 aromatic rings. The van der Waals surface area contributed by atoms with Crippen LogP contribution < -0.4 is 10.6 Å². The molecule has 0 saturated carbocycles. The number of anilines is 1. The maximum atomic E-state index is 12.3. The molecule has 31 heavy (non-hydrogen) atoms. The standard InChI is InChI=1S/C22H25N5O2S2/c1-4-27-19(13-23-21(29)16-10-8-15(2)9-11-16)25-26-22(27)31-14-20(28)24-17-6-5-7-18(12-17)30-3/h5-12H,4,13-14H2,1-3H3,(H,23,29)(H,24,28). The number of nitrogens with one attached hydrogen (secondary N) is 2. The van der Waals surface area contributed by atoms with E-state index in [-0.39, 0.29) is 24.1 Å². The summed E-state index contributed by atoms with van der Waals surface area (Å²) in [5.41, 5.74) is 2.48. The monoisotopic (exact) mass is 455 g/mol. The Hall–Kier alpha value is -2.78. The van der Waals surface area contributed by atoms with Gasteiger partial charge in [-0.25, -0.2) is 0 Å². The number of carbonyl (C=O) groups excluding carboxylic acids is 2. The van der Waals surface area contributed by atoms with E-state index in [1.807, 2.05) is 61.1 Å². The van der Waals surface area contributed by atoms with Crippen LogP contribution in [-0.2, 0) is 17.9 Å². The molecule has 0 bridgehead atoms. The fourth-order valence-electron chi connectivity index (χ4n) is 2.87. The van der Waals surface area contributed by atoms with Crippen molar-refractivity contribution in [2.45, 2.75) is 37.0 Å². The first-order chi connectivity index (χ1) is 15.0. The lowest BCUT2D eigenvalue weighted by atomic mass is 10.1. The molecule has 2 N–H and O–H groups in total. The Morgan fingerprint density at radius 3 is 2.58 bits per heavy atom. The lowest BCUT2D eigenvalue weighted by Gasteiger charge is -2.09. The Labute approximate surface area is 190 Å². The topological polar surface area (TPSA) is 88.9 Å². The first kappa shape index (κ1) is 22.9. The predicted octanol–water partition coefficient (Wildman–Crippen LogP) is 3.99. The molecule has 1 heterocycles. The summed E-state index contributed by atoms with van der Waals surface area (Å²) in [6.45, 7) is 4.86. The maximum absolute atomic E-state index is 12.3. The van der Waals surface area contributed by atoms with Gasteiger partial charge in [0.1, 0.15) is 0 Å². The summed E-state index contributed by atoms with van der Waals surface area (Å²) in [6.07, 6.45) is 2.00. The summed E-state index contributed by atoms with van der Waals surface area (Å²) >= 11 is 2.95. The number of nitrogens with zero attached hydrogens (tertiary/aromatic N) is 3. The van der Waals surface area contributed by atoms with Crippen molar-refractivity contribution < 1.29 is 9.59 Å². The van der Waals surface area contributed by atoms with Gasteiger partial charge in [0.25, 0.3) is 5.91 Å². The number of aryl methyl sites for hydroxylation is 1. The lowest BCUT2D eigenvalue weighted by Crippen LogP contribution is -2.24. The van der Waals surface area contributed by atoms with E-state index in [0.717, 1.165) is 16.1 Å². The highest BCUT2D eigenvalue weighted by molar-refractivity contribution is 7.99. The summed E-state index contributed by atoms with van der Waals surface area (Å²) < 4.78 is 1.90. The van der Waals surface area contributed by atoms with Crippen LogP contribution in [0.2, 0.25) is 0 Å². The van der Waals surface area contributed by atoms with Crippen molar-refractivity contribution in [1.29, 1.82) is 0 Å². The Morgan fingerprint density at radius 2 is 1.87 bits per heavy atom. The molecule has 162 valence electrons. The van der Waals surface area contributed by atoms with Crippen LogP contribution in [0.1, 0.15) is 28.7 Å². The average molecular weight is 456 g/mol. The van der Waals surface area contributed by atoms with E-state index in [1.54, 1.807) is 23.9 Å². The third-order valence-electron chi connectivity index (χ3n) is 4.52. The van der Waals surface area contributed by atoms with Gasteiger partial charge in [-0.2, -0.15) is 0 Å². The van der Waals surface area contributed by atoms with Crippen molar-refractivity contribution in [3.8, 4) is 0 Å². The second-order valence-corrected chi connectivity index (χ2v) is 8.58. The van der Waals surface area contributed by atoms with E-state index in [4.69, 9.17) is 0 Å². The van der Waals surface area contributed by atoms with E-state index >= 15 is 0 Å². The molecule has 0 atom stereocenters. The molecule has 0 aliphatic rings. The SMILES string of the molecule is CCn1c(CNC(=O)c2ccc(C)cc2)nnc1SCC(=O)Nc1cccc(SC)c1. The first-order valence-corrected chi connectivity index (χ1v) is 12.0. The Kier molecular flexibility index (Phi) is 8.13. The van der Waals surface area contributed by atoms with E-state index in [1.165, 1.54) is 11.8 Å². The van der Waals surface area contributed by atoms with Gasteiger partial charge >= 0.3 is 0 Å². The Morgan fingerprint density at radius 1 is 1.10 bits per heavy atom. The molecule has 1 aromatic heterocycles. The van der Waals surface area contributed by atoms with Gasteiger partial charge in [-0.3, -0.25) is 9.59 Å². The highest BCUT2D eigenvalue weighted by atomic mass is 32.2. The van der Waals surface area contributed by atoms with Crippen LogP contribution in [0.5, 0.6) is 0 Å². The van der Waals surface area contributed by atoms with Gasteiger partial charge in [0, 0.05) is 22.7 Å². The summed E-state index contributed by atoms with van der Waals surface area (Å²) in [6, 6.07) is 15.1. The third-order valence-corrected chi connectivity index (χ3v) is 6.21. The number of rotatable bonds is 9. The molecule has 0 saturated heterocycles. The second kappa shape index (κ2) is 11.0. The minimum atomic E-state index is -0.160. The zero-order valence-electron chi connectivity index (χ0n) is 17.7. The van der Waals surface area contributed by atoms with Crippen LogP contribution in [0.25, 0.3) is 0 Å². The van der Waals surface area contributed by atoms with Crippen LogP contribution in [0.3, 0.4) is 0 Å². The average Bonchev–Trinajstić information content (AvgIpc) is 3.18. The van der Waals surface area contributed by atoms with Gasteiger partial charge in [-0.15, -0.1) is 22.0 Å². The molecule has 0 fully saturated rings. The highest BCUT2D eigenvalue weighted by Gasteiger charge is 2.14. The van der Waals surface area contributed by atoms with E-state index in [9.17, 15) is 9.59 Å². The number of carbonyl (C=O) groups is 2. The molecule has 2 aromatic carbocycles. The normalized spacial score (nSPS) is 10.7. The van der Waals surface area contributed by atoms with E-state index in [2.05, 4.69) is 20.8 Å². The summed E-state index contributed by atoms with van der Waals surface area (Å²) in [4.78, 5) is 25.8. The lowest BCUT2D eigenvalue weighted by molar-refractivity contribution is -0.113. The number of hydrogen-bond donors (Lipinski definition) is 2. The minimum Gasteiger partial charge on any atom is -0.345 e.